The van der Waals surface area contributed by atoms with Crippen molar-refractivity contribution in [3.05, 3.63) is 58.1 Å². The first kappa shape index (κ1) is 15.7. The lowest BCUT2D eigenvalue weighted by Gasteiger charge is -2.10. The smallest absolute Gasteiger partial charge is 0.159 e. The Morgan fingerprint density at radius 2 is 1.67 bits per heavy atom. The Morgan fingerprint density at radius 1 is 1.00 bits per heavy atom. The second-order valence-corrected chi connectivity index (χ2v) is 5.20. The van der Waals surface area contributed by atoms with Gasteiger partial charge in [0.15, 0.2) is 5.78 Å². The lowest BCUT2D eigenvalue weighted by Crippen LogP contribution is -2.09. The van der Waals surface area contributed by atoms with Gasteiger partial charge < -0.3 is 9.47 Å². The molecule has 0 heterocycles. The molecule has 5 heteroatoms. The largest absolute Gasteiger partial charge is 0.490 e. The van der Waals surface area contributed by atoms with E-state index in [4.69, 9.17) is 32.7 Å². The minimum absolute atomic E-state index is 0.0282. The second kappa shape index (κ2) is 7.34. The van der Waals surface area contributed by atoms with Gasteiger partial charge >= 0.3 is 0 Å². The predicted molar refractivity (Wildman–Crippen MR) is 83.9 cm³/mol. The van der Waals surface area contributed by atoms with Crippen LogP contribution in [0.5, 0.6) is 11.5 Å². The third kappa shape index (κ3) is 4.66. The van der Waals surface area contributed by atoms with Crippen molar-refractivity contribution in [1.29, 1.82) is 0 Å². The Hall–Kier alpha value is -1.71. The van der Waals surface area contributed by atoms with Crippen molar-refractivity contribution < 1.29 is 14.3 Å². The number of Topliss-reactive ketones (excluding diaryl/α,β-unsaturated/α-hetero) is 1. The van der Waals surface area contributed by atoms with Crippen molar-refractivity contribution in [2.45, 2.75) is 6.92 Å². The van der Waals surface area contributed by atoms with Gasteiger partial charge in [-0.2, -0.15) is 0 Å². The molecule has 0 atom stereocenters. The number of halogens is 2. The van der Waals surface area contributed by atoms with Crippen LogP contribution in [0.15, 0.2) is 42.5 Å². The van der Waals surface area contributed by atoms with Gasteiger partial charge in [0, 0.05) is 16.7 Å². The zero-order chi connectivity index (χ0) is 15.2. The average Bonchev–Trinajstić information content (AvgIpc) is 2.47. The predicted octanol–water partition coefficient (Wildman–Crippen LogP) is 4.65. The maximum absolute atomic E-state index is 11.1. The lowest BCUT2D eigenvalue weighted by atomic mass is 10.1. The molecule has 0 aliphatic heterocycles. The van der Waals surface area contributed by atoms with Crippen LogP contribution in [0.2, 0.25) is 10.0 Å². The van der Waals surface area contributed by atoms with Crippen molar-refractivity contribution in [3.8, 4) is 11.5 Å². The zero-order valence-electron chi connectivity index (χ0n) is 11.4. The standard InChI is InChI=1S/C16H14Cl2O3/c1-11(19)12-2-5-14(6-3-12)20-8-9-21-16-10-13(17)4-7-15(16)18/h2-7,10H,8-9H2,1H3. The average molecular weight is 325 g/mol. The van der Waals surface area contributed by atoms with Gasteiger partial charge in [0.1, 0.15) is 24.7 Å². The van der Waals surface area contributed by atoms with Gasteiger partial charge in [-0.3, -0.25) is 4.79 Å². The molecule has 110 valence electrons. The summed E-state index contributed by atoms with van der Waals surface area (Å²) in [5.74, 6) is 1.24. The first-order valence-electron chi connectivity index (χ1n) is 6.38. The molecule has 0 aliphatic carbocycles. The van der Waals surface area contributed by atoms with Gasteiger partial charge in [0.2, 0.25) is 0 Å². The van der Waals surface area contributed by atoms with Crippen LogP contribution in [0, 0.1) is 0 Å². The summed E-state index contributed by atoms with van der Waals surface area (Å²) < 4.78 is 11.0. The number of ether oxygens (including phenoxy) is 2. The summed E-state index contributed by atoms with van der Waals surface area (Å²) in [5, 5.41) is 1.07. The maximum Gasteiger partial charge on any atom is 0.159 e. The normalized spacial score (nSPS) is 10.2. The Balaban J connectivity index is 1.81. The first-order valence-corrected chi connectivity index (χ1v) is 7.13. The Labute approximate surface area is 133 Å². The third-order valence-corrected chi connectivity index (χ3v) is 3.31. The lowest BCUT2D eigenvalue weighted by molar-refractivity contribution is 0.101. The molecule has 2 aromatic rings. The summed E-state index contributed by atoms with van der Waals surface area (Å²) in [5.41, 5.74) is 0.657. The van der Waals surface area contributed by atoms with Crippen molar-refractivity contribution in [2.75, 3.05) is 13.2 Å². The molecule has 0 unspecified atom stereocenters. The number of benzene rings is 2. The van der Waals surface area contributed by atoms with Gasteiger partial charge in [-0.25, -0.2) is 0 Å². The molecule has 21 heavy (non-hydrogen) atoms. The minimum Gasteiger partial charge on any atom is -0.490 e. The number of hydrogen-bond donors (Lipinski definition) is 0. The molecule has 2 rings (SSSR count). The van der Waals surface area contributed by atoms with E-state index < -0.39 is 0 Å². The monoisotopic (exact) mass is 324 g/mol. The molecule has 0 aliphatic rings. The summed E-state index contributed by atoms with van der Waals surface area (Å²) in [6.07, 6.45) is 0. The van der Waals surface area contributed by atoms with E-state index in [0.717, 1.165) is 0 Å². The fourth-order valence-corrected chi connectivity index (χ4v) is 2.02. The first-order chi connectivity index (χ1) is 10.1. The van der Waals surface area contributed by atoms with Gasteiger partial charge in [0.25, 0.3) is 0 Å². The summed E-state index contributed by atoms with van der Waals surface area (Å²) in [6, 6.07) is 12.0. The minimum atomic E-state index is 0.0282. The highest BCUT2D eigenvalue weighted by atomic mass is 35.5. The molecule has 0 N–H and O–H groups in total. The molecule has 0 radical (unpaired) electrons. The molecule has 0 saturated heterocycles. The summed E-state index contributed by atoms with van der Waals surface area (Å²) in [6.45, 7) is 2.23. The van der Waals surface area contributed by atoms with Gasteiger partial charge in [-0.05, 0) is 43.3 Å². The van der Waals surface area contributed by atoms with Crippen molar-refractivity contribution in [1.82, 2.24) is 0 Å². The zero-order valence-corrected chi connectivity index (χ0v) is 12.9. The highest BCUT2D eigenvalue weighted by molar-refractivity contribution is 6.34. The van der Waals surface area contributed by atoms with Crippen LogP contribution in [0.4, 0.5) is 0 Å². The van der Waals surface area contributed by atoms with Crippen LogP contribution >= 0.6 is 23.2 Å². The van der Waals surface area contributed by atoms with Gasteiger partial charge in [-0.1, -0.05) is 23.2 Å². The van der Waals surface area contributed by atoms with E-state index in [1.165, 1.54) is 6.92 Å². The SMILES string of the molecule is CC(=O)c1ccc(OCCOc2cc(Cl)ccc2Cl)cc1. The van der Waals surface area contributed by atoms with E-state index in [1.54, 1.807) is 42.5 Å². The van der Waals surface area contributed by atoms with Crippen LogP contribution in [0.25, 0.3) is 0 Å². The maximum atomic E-state index is 11.1. The van der Waals surface area contributed by atoms with Crippen LogP contribution in [-0.2, 0) is 0 Å². The molecular weight excluding hydrogens is 311 g/mol. The Bertz CT molecular complexity index is 624. The van der Waals surface area contributed by atoms with E-state index in [0.29, 0.717) is 40.3 Å². The molecule has 3 nitrogen and oxygen atoms in total. The van der Waals surface area contributed by atoms with Crippen molar-refractivity contribution in [3.63, 3.8) is 0 Å². The van der Waals surface area contributed by atoms with E-state index in [2.05, 4.69) is 0 Å². The molecule has 0 bridgehead atoms. The highest BCUT2D eigenvalue weighted by Crippen LogP contribution is 2.27. The summed E-state index contributed by atoms with van der Waals surface area (Å²) >= 11 is 11.9. The molecule has 0 aromatic heterocycles. The molecule has 2 aromatic carbocycles. The highest BCUT2D eigenvalue weighted by Gasteiger charge is 2.03. The number of hydrogen-bond acceptors (Lipinski definition) is 3. The molecule has 0 amide bonds. The number of carbonyl (C=O) groups excluding carboxylic acids is 1. The van der Waals surface area contributed by atoms with E-state index in [9.17, 15) is 4.79 Å². The number of rotatable bonds is 6. The van der Waals surface area contributed by atoms with Crippen molar-refractivity contribution >= 4 is 29.0 Å². The van der Waals surface area contributed by atoms with Crippen LogP contribution in [-0.4, -0.2) is 19.0 Å². The van der Waals surface area contributed by atoms with Crippen molar-refractivity contribution in [2.24, 2.45) is 0 Å². The van der Waals surface area contributed by atoms with Gasteiger partial charge in [0.05, 0.1) is 5.02 Å². The summed E-state index contributed by atoms with van der Waals surface area (Å²) in [4.78, 5) is 11.1. The molecule has 0 fully saturated rings. The van der Waals surface area contributed by atoms with Crippen LogP contribution in [0.3, 0.4) is 0 Å². The molecular formula is C16H14Cl2O3. The van der Waals surface area contributed by atoms with E-state index in [-0.39, 0.29) is 5.78 Å². The molecule has 0 saturated carbocycles. The third-order valence-electron chi connectivity index (χ3n) is 2.76. The summed E-state index contributed by atoms with van der Waals surface area (Å²) in [7, 11) is 0. The van der Waals surface area contributed by atoms with Crippen LogP contribution in [0.1, 0.15) is 17.3 Å². The fourth-order valence-electron chi connectivity index (χ4n) is 1.68. The number of carbonyl (C=O) groups is 1. The second-order valence-electron chi connectivity index (χ2n) is 4.35. The topological polar surface area (TPSA) is 35.5 Å². The Morgan fingerprint density at radius 3 is 2.33 bits per heavy atom. The van der Waals surface area contributed by atoms with E-state index >= 15 is 0 Å². The van der Waals surface area contributed by atoms with E-state index in [1.807, 2.05) is 0 Å². The Kier molecular flexibility index (Phi) is 5.48. The quantitative estimate of drug-likeness (QED) is 0.573. The van der Waals surface area contributed by atoms with Crippen LogP contribution < -0.4 is 9.47 Å². The van der Waals surface area contributed by atoms with Gasteiger partial charge in [-0.15, -0.1) is 0 Å². The fraction of sp³-hybridized carbons (Fsp3) is 0.188. The molecule has 0 spiro atoms. The number of ketones is 1.